The highest BCUT2D eigenvalue weighted by molar-refractivity contribution is 9.10. The first kappa shape index (κ1) is 18.9. The lowest BCUT2D eigenvalue weighted by Gasteiger charge is -2.33. The highest BCUT2D eigenvalue weighted by Gasteiger charge is 2.28. The van der Waals surface area contributed by atoms with Crippen molar-refractivity contribution in [3.63, 3.8) is 0 Å². The molecule has 6 heteroatoms. The summed E-state index contributed by atoms with van der Waals surface area (Å²) in [6, 6.07) is 11.6. The van der Waals surface area contributed by atoms with Crippen molar-refractivity contribution in [3.8, 4) is 5.75 Å². The zero-order valence-corrected chi connectivity index (χ0v) is 16.3. The molecule has 1 aliphatic heterocycles. The predicted molar refractivity (Wildman–Crippen MR) is 101 cm³/mol. The van der Waals surface area contributed by atoms with Crippen LogP contribution in [-0.4, -0.2) is 36.6 Å². The second-order valence-electron chi connectivity index (χ2n) is 6.47. The molecule has 2 aromatic carbocycles. The van der Waals surface area contributed by atoms with Crippen molar-refractivity contribution in [2.75, 3.05) is 19.7 Å². The van der Waals surface area contributed by atoms with Gasteiger partial charge in [0.15, 0.2) is 0 Å². The Kier molecular flexibility index (Phi) is 5.94. The van der Waals surface area contributed by atoms with E-state index in [1.54, 1.807) is 23.1 Å². The van der Waals surface area contributed by atoms with Gasteiger partial charge in [-0.25, -0.2) is 4.39 Å². The van der Waals surface area contributed by atoms with Gasteiger partial charge in [0.25, 0.3) is 5.91 Å². The summed E-state index contributed by atoms with van der Waals surface area (Å²) in [5, 5.41) is 0. The average Bonchev–Trinajstić information content (AvgIpc) is 2.61. The van der Waals surface area contributed by atoms with Crippen LogP contribution < -0.4 is 4.74 Å². The van der Waals surface area contributed by atoms with Crippen LogP contribution in [0.15, 0.2) is 46.9 Å². The topological polar surface area (TPSA) is 38.8 Å². The summed E-state index contributed by atoms with van der Waals surface area (Å²) < 4.78 is 25.6. The molecule has 2 aromatic rings. The average molecular weight is 422 g/mol. The monoisotopic (exact) mass is 421 g/mol. The number of morpholine rings is 1. The maximum Gasteiger partial charge on any atom is 0.257 e. The SMILES string of the molecule is CC(C)Oc1cc(Br)ccc1C(=O)N1CCOC(c2ccc(F)cc2)C1. The molecule has 1 atom stereocenters. The number of rotatable bonds is 4. The fourth-order valence-corrected chi connectivity index (χ4v) is 3.25. The molecule has 1 fully saturated rings. The summed E-state index contributed by atoms with van der Waals surface area (Å²) in [5.41, 5.74) is 1.39. The number of amides is 1. The highest BCUT2D eigenvalue weighted by Crippen LogP contribution is 2.29. The van der Waals surface area contributed by atoms with Crippen molar-refractivity contribution < 1.29 is 18.7 Å². The van der Waals surface area contributed by atoms with Crippen molar-refractivity contribution in [3.05, 3.63) is 63.9 Å². The van der Waals surface area contributed by atoms with E-state index in [1.165, 1.54) is 12.1 Å². The van der Waals surface area contributed by atoms with Gasteiger partial charge in [0.2, 0.25) is 0 Å². The summed E-state index contributed by atoms with van der Waals surface area (Å²) >= 11 is 3.42. The third-order valence-electron chi connectivity index (χ3n) is 4.13. The van der Waals surface area contributed by atoms with Crippen LogP contribution >= 0.6 is 15.9 Å². The van der Waals surface area contributed by atoms with E-state index in [2.05, 4.69) is 15.9 Å². The smallest absolute Gasteiger partial charge is 0.257 e. The van der Waals surface area contributed by atoms with Gasteiger partial charge in [-0.15, -0.1) is 0 Å². The molecule has 1 heterocycles. The number of hydrogen-bond donors (Lipinski definition) is 0. The minimum absolute atomic E-state index is 0.0347. The van der Waals surface area contributed by atoms with Crippen LogP contribution in [-0.2, 0) is 4.74 Å². The number of ether oxygens (including phenoxy) is 2. The van der Waals surface area contributed by atoms with Gasteiger partial charge in [0.1, 0.15) is 17.7 Å². The molecule has 138 valence electrons. The minimum Gasteiger partial charge on any atom is -0.490 e. The quantitative estimate of drug-likeness (QED) is 0.724. The van der Waals surface area contributed by atoms with Crippen LogP contribution in [0.1, 0.15) is 35.9 Å². The van der Waals surface area contributed by atoms with Crippen molar-refractivity contribution in [2.24, 2.45) is 0 Å². The van der Waals surface area contributed by atoms with Gasteiger partial charge < -0.3 is 14.4 Å². The number of nitrogens with zero attached hydrogens (tertiary/aromatic N) is 1. The Bertz CT molecular complexity index is 779. The molecular formula is C20H21BrFNO3. The Balaban J connectivity index is 1.80. The molecule has 0 bridgehead atoms. The molecule has 1 aliphatic rings. The summed E-state index contributed by atoms with van der Waals surface area (Å²) in [5.74, 6) is 0.176. The summed E-state index contributed by atoms with van der Waals surface area (Å²) in [4.78, 5) is 14.8. The zero-order valence-electron chi connectivity index (χ0n) is 14.7. The van der Waals surface area contributed by atoms with E-state index >= 15 is 0 Å². The van der Waals surface area contributed by atoms with Gasteiger partial charge in [-0.05, 0) is 49.7 Å². The molecule has 0 radical (unpaired) electrons. The molecule has 1 saturated heterocycles. The zero-order chi connectivity index (χ0) is 18.7. The number of benzene rings is 2. The maximum atomic E-state index is 13.1. The number of hydrogen-bond acceptors (Lipinski definition) is 3. The molecule has 0 saturated carbocycles. The van der Waals surface area contributed by atoms with Crippen molar-refractivity contribution in [1.82, 2.24) is 4.90 Å². The van der Waals surface area contributed by atoms with E-state index in [1.807, 2.05) is 26.0 Å². The van der Waals surface area contributed by atoms with Gasteiger partial charge >= 0.3 is 0 Å². The number of halogens is 2. The Morgan fingerprint density at radius 3 is 2.69 bits per heavy atom. The molecule has 1 unspecified atom stereocenters. The molecular weight excluding hydrogens is 401 g/mol. The van der Waals surface area contributed by atoms with Crippen molar-refractivity contribution in [2.45, 2.75) is 26.1 Å². The minimum atomic E-state index is -0.289. The molecule has 0 N–H and O–H groups in total. The Labute approximate surface area is 161 Å². The highest BCUT2D eigenvalue weighted by atomic mass is 79.9. The van der Waals surface area contributed by atoms with Gasteiger partial charge in [-0.2, -0.15) is 0 Å². The molecule has 0 aromatic heterocycles. The maximum absolute atomic E-state index is 13.1. The fraction of sp³-hybridized carbons (Fsp3) is 0.350. The van der Waals surface area contributed by atoms with Crippen LogP contribution in [0.3, 0.4) is 0 Å². The van der Waals surface area contributed by atoms with Crippen LogP contribution in [0.25, 0.3) is 0 Å². The fourth-order valence-electron chi connectivity index (χ4n) is 2.91. The van der Waals surface area contributed by atoms with Gasteiger partial charge in [-0.3, -0.25) is 4.79 Å². The molecule has 26 heavy (non-hydrogen) atoms. The molecule has 4 nitrogen and oxygen atoms in total. The first-order valence-electron chi connectivity index (χ1n) is 8.56. The Morgan fingerprint density at radius 1 is 1.27 bits per heavy atom. The van der Waals surface area contributed by atoms with E-state index in [0.29, 0.717) is 31.0 Å². The largest absolute Gasteiger partial charge is 0.490 e. The molecule has 3 rings (SSSR count). The van der Waals surface area contributed by atoms with Gasteiger partial charge in [-0.1, -0.05) is 28.1 Å². The van der Waals surface area contributed by atoms with E-state index in [9.17, 15) is 9.18 Å². The molecule has 0 aliphatic carbocycles. The molecule has 0 spiro atoms. The number of carbonyl (C=O) groups is 1. The van der Waals surface area contributed by atoms with Crippen LogP contribution in [0.2, 0.25) is 0 Å². The third-order valence-corrected chi connectivity index (χ3v) is 4.63. The van der Waals surface area contributed by atoms with Crippen molar-refractivity contribution >= 4 is 21.8 Å². The standard InChI is InChI=1S/C20H21BrFNO3/c1-13(2)26-18-11-15(21)5-8-17(18)20(24)23-9-10-25-19(12-23)14-3-6-16(22)7-4-14/h3-8,11,13,19H,9-10,12H2,1-2H3. The molecule has 1 amide bonds. The second kappa shape index (κ2) is 8.18. The van der Waals surface area contributed by atoms with E-state index in [-0.39, 0.29) is 23.9 Å². The summed E-state index contributed by atoms with van der Waals surface area (Å²) in [6.45, 7) is 5.21. The first-order valence-corrected chi connectivity index (χ1v) is 9.36. The van der Waals surface area contributed by atoms with Crippen LogP contribution in [0, 0.1) is 5.82 Å². The normalized spacial score (nSPS) is 17.4. The summed E-state index contributed by atoms with van der Waals surface area (Å²) in [6.07, 6.45) is -0.300. The van der Waals surface area contributed by atoms with E-state index in [4.69, 9.17) is 9.47 Å². The second-order valence-corrected chi connectivity index (χ2v) is 7.38. The first-order chi connectivity index (χ1) is 12.4. The lowest BCUT2D eigenvalue weighted by Crippen LogP contribution is -2.42. The summed E-state index contributed by atoms with van der Waals surface area (Å²) in [7, 11) is 0. The number of carbonyl (C=O) groups excluding carboxylic acids is 1. The van der Waals surface area contributed by atoms with E-state index < -0.39 is 0 Å². The predicted octanol–water partition coefficient (Wildman–Crippen LogP) is 4.59. The van der Waals surface area contributed by atoms with Gasteiger partial charge in [0.05, 0.1) is 24.8 Å². The third kappa shape index (κ3) is 4.43. The van der Waals surface area contributed by atoms with Crippen LogP contribution in [0.4, 0.5) is 4.39 Å². The van der Waals surface area contributed by atoms with Crippen molar-refractivity contribution in [1.29, 1.82) is 0 Å². The van der Waals surface area contributed by atoms with Crippen LogP contribution in [0.5, 0.6) is 5.75 Å². The Hall–Kier alpha value is -1.92. The van der Waals surface area contributed by atoms with Gasteiger partial charge in [0, 0.05) is 11.0 Å². The lowest BCUT2D eigenvalue weighted by molar-refractivity contribution is -0.0229. The lowest BCUT2D eigenvalue weighted by atomic mass is 10.1. The van der Waals surface area contributed by atoms with E-state index in [0.717, 1.165) is 10.0 Å². The Morgan fingerprint density at radius 2 is 2.00 bits per heavy atom.